The number of hydrogen-bond donors (Lipinski definition) is 1. The van der Waals surface area contributed by atoms with E-state index in [1.165, 1.54) is 11.1 Å². The highest BCUT2D eigenvalue weighted by Crippen LogP contribution is 2.48. The summed E-state index contributed by atoms with van der Waals surface area (Å²) in [7, 11) is 4.03. The molecule has 1 aromatic rings. The van der Waals surface area contributed by atoms with Crippen LogP contribution in [-0.4, -0.2) is 55.3 Å². The van der Waals surface area contributed by atoms with E-state index in [4.69, 9.17) is 0 Å². The molecule has 0 aromatic heterocycles. The molecule has 2 aliphatic rings. The quantitative estimate of drug-likeness (QED) is 0.634. The molecule has 1 fully saturated rings. The number of rotatable bonds is 6. The predicted molar refractivity (Wildman–Crippen MR) is 93.4 cm³/mol. The summed E-state index contributed by atoms with van der Waals surface area (Å²) in [5.74, 6) is -0.0628. The maximum Gasteiger partial charge on any atom is 0.238 e. The van der Waals surface area contributed by atoms with E-state index in [-0.39, 0.29) is 11.8 Å². The first-order valence-electron chi connectivity index (χ1n) is 8.82. The molecule has 3 rings (SSSR count). The van der Waals surface area contributed by atoms with Gasteiger partial charge in [0.05, 0.1) is 0 Å². The molecule has 24 heavy (non-hydrogen) atoms. The third-order valence-electron chi connectivity index (χ3n) is 5.08. The van der Waals surface area contributed by atoms with Crippen LogP contribution >= 0.6 is 0 Å². The van der Waals surface area contributed by atoms with Crippen LogP contribution in [0, 0.1) is 5.41 Å². The molecule has 0 spiro atoms. The van der Waals surface area contributed by atoms with Crippen LogP contribution in [-0.2, 0) is 22.6 Å². The van der Waals surface area contributed by atoms with Crippen LogP contribution in [0.25, 0.3) is 0 Å². The van der Waals surface area contributed by atoms with E-state index in [1.807, 2.05) is 31.1 Å². The van der Waals surface area contributed by atoms with E-state index < -0.39 is 5.41 Å². The fourth-order valence-corrected chi connectivity index (χ4v) is 3.40. The Bertz CT molecular complexity index is 623. The highest BCUT2D eigenvalue weighted by Gasteiger charge is 2.57. The molecule has 0 saturated heterocycles. The third kappa shape index (κ3) is 3.46. The SMILES string of the molecule is CN(C)CCCNC(=O)C1(C(=O)N2CCc3ccccc3C2)CC1. The number of amides is 2. The van der Waals surface area contributed by atoms with Crippen molar-refractivity contribution in [3.63, 3.8) is 0 Å². The number of carbonyl (C=O) groups excluding carboxylic acids is 2. The van der Waals surface area contributed by atoms with Crippen LogP contribution < -0.4 is 5.32 Å². The molecule has 1 N–H and O–H groups in total. The Morgan fingerprint density at radius 1 is 1.21 bits per heavy atom. The summed E-state index contributed by atoms with van der Waals surface area (Å²) in [6, 6.07) is 8.26. The lowest BCUT2D eigenvalue weighted by Crippen LogP contribution is -2.47. The minimum Gasteiger partial charge on any atom is -0.355 e. The molecule has 5 nitrogen and oxygen atoms in total. The number of benzene rings is 1. The molecule has 0 atom stereocenters. The van der Waals surface area contributed by atoms with Crippen LogP contribution in [0.1, 0.15) is 30.4 Å². The molecule has 1 saturated carbocycles. The Hall–Kier alpha value is -1.88. The van der Waals surface area contributed by atoms with Crippen LogP contribution in [0.3, 0.4) is 0 Å². The average Bonchev–Trinajstić information content (AvgIpc) is 3.39. The van der Waals surface area contributed by atoms with Gasteiger partial charge in [-0.2, -0.15) is 0 Å². The average molecular weight is 329 g/mol. The van der Waals surface area contributed by atoms with Gasteiger partial charge in [-0.15, -0.1) is 0 Å². The number of carbonyl (C=O) groups is 2. The lowest BCUT2D eigenvalue weighted by molar-refractivity contribution is -0.145. The first-order chi connectivity index (χ1) is 11.5. The van der Waals surface area contributed by atoms with E-state index in [1.54, 1.807) is 0 Å². The normalized spacial score (nSPS) is 18.2. The van der Waals surface area contributed by atoms with Crippen molar-refractivity contribution in [3.8, 4) is 0 Å². The molecule has 1 heterocycles. The van der Waals surface area contributed by atoms with Gasteiger partial charge in [-0.3, -0.25) is 9.59 Å². The second-order valence-corrected chi connectivity index (χ2v) is 7.24. The molecular formula is C19H27N3O2. The summed E-state index contributed by atoms with van der Waals surface area (Å²) in [4.78, 5) is 29.4. The van der Waals surface area contributed by atoms with Gasteiger partial charge in [0.25, 0.3) is 0 Å². The largest absolute Gasteiger partial charge is 0.355 e. The van der Waals surface area contributed by atoms with Crippen LogP contribution in [0.5, 0.6) is 0 Å². The van der Waals surface area contributed by atoms with E-state index >= 15 is 0 Å². The molecule has 2 amide bonds. The van der Waals surface area contributed by atoms with Crippen LogP contribution in [0.15, 0.2) is 24.3 Å². The minimum absolute atomic E-state index is 0.0158. The molecule has 130 valence electrons. The topological polar surface area (TPSA) is 52.7 Å². The van der Waals surface area contributed by atoms with Crippen molar-refractivity contribution in [3.05, 3.63) is 35.4 Å². The van der Waals surface area contributed by atoms with Gasteiger partial charge >= 0.3 is 0 Å². The van der Waals surface area contributed by atoms with Crippen molar-refractivity contribution < 1.29 is 9.59 Å². The van der Waals surface area contributed by atoms with Gasteiger partial charge in [-0.05, 0) is 57.5 Å². The third-order valence-corrected chi connectivity index (χ3v) is 5.08. The van der Waals surface area contributed by atoms with Crippen molar-refractivity contribution >= 4 is 11.8 Å². The Morgan fingerprint density at radius 3 is 2.58 bits per heavy atom. The number of nitrogens with zero attached hydrogens (tertiary/aromatic N) is 2. The Morgan fingerprint density at radius 2 is 1.92 bits per heavy atom. The fourth-order valence-electron chi connectivity index (χ4n) is 3.40. The van der Waals surface area contributed by atoms with Crippen LogP contribution in [0.2, 0.25) is 0 Å². The Labute approximate surface area is 144 Å². The fraction of sp³-hybridized carbons (Fsp3) is 0.579. The van der Waals surface area contributed by atoms with Crippen molar-refractivity contribution in [1.82, 2.24) is 15.1 Å². The molecule has 0 radical (unpaired) electrons. The number of fused-ring (bicyclic) bond motifs is 1. The van der Waals surface area contributed by atoms with Gasteiger partial charge in [0.2, 0.25) is 11.8 Å². The highest BCUT2D eigenvalue weighted by molar-refractivity contribution is 6.07. The van der Waals surface area contributed by atoms with Crippen molar-refractivity contribution in [2.75, 3.05) is 33.7 Å². The standard InChI is InChI=1S/C19H27N3O2/c1-21(2)12-5-11-20-17(23)19(9-10-19)18(24)22-13-8-15-6-3-4-7-16(15)14-22/h3-4,6-7H,5,8-14H2,1-2H3,(H,20,23). The first kappa shape index (κ1) is 17.0. The molecule has 5 heteroatoms. The van der Waals surface area contributed by atoms with E-state index in [0.717, 1.165) is 19.4 Å². The van der Waals surface area contributed by atoms with E-state index in [2.05, 4.69) is 22.3 Å². The Kier molecular flexibility index (Phi) is 4.90. The molecule has 1 aromatic carbocycles. The molecule has 1 aliphatic carbocycles. The summed E-state index contributed by atoms with van der Waals surface area (Å²) in [6.45, 7) is 2.91. The lowest BCUT2D eigenvalue weighted by atomic mass is 9.97. The summed E-state index contributed by atoms with van der Waals surface area (Å²) in [5, 5.41) is 2.97. The summed E-state index contributed by atoms with van der Waals surface area (Å²) >= 11 is 0. The van der Waals surface area contributed by atoms with Crippen molar-refractivity contribution in [1.29, 1.82) is 0 Å². The monoisotopic (exact) mass is 329 g/mol. The minimum atomic E-state index is -0.787. The van der Waals surface area contributed by atoms with Crippen molar-refractivity contribution in [2.24, 2.45) is 5.41 Å². The van der Waals surface area contributed by atoms with Crippen LogP contribution in [0.4, 0.5) is 0 Å². The number of hydrogen-bond acceptors (Lipinski definition) is 3. The molecule has 0 unspecified atom stereocenters. The molecule has 1 aliphatic heterocycles. The second kappa shape index (κ2) is 6.93. The van der Waals surface area contributed by atoms with E-state index in [0.29, 0.717) is 32.5 Å². The first-order valence-corrected chi connectivity index (χ1v) is 8.82. The Balaban J connectivity index is 1.57. The van der Waals surface area contributed by atoms with Gasteiger partial charge in [-0.1, -0.05) is 24.3 Å². The van der Waals surface area contributed by atoms with Crippen molar-refractivity contribution in [2.45, 2.75) is 32.2 Å². The van der Waals surface area contributed by atoms with Gasteiger partial charge in [0, 0.05) is 19.6 Å². The zero-order valence-electron chi connectivity index (χ0n) is 14.7. The van der Waals surface area contributed by atoms with Gasteiger partial charge in [0.15, 0.2) is 0 Å². The molecular weight excluding hydrogens is 302 g/mol. The van der Waals surface area contributed by atoms with E-state index in [9.17, 15) is 9.59 Å². The lowest BCUT2D eigenvalue weighted by Gasteiger charge is -2.31. The predicted octanol–water partition coefficient (Wildman–Crippen LogP) is 1.42. The highest BCUT2D eigenvalue weighted by atomic mass is 16.2. The van der Waals surface area contributed by atoms with Gasteiger partial charge in [0.1, 0.15) is 5.41 Å². The second-order valence-electron chi connectivity index (χ2n) is 7.24. The van der Waals surface area contributed by atoms with Gasteiger partial charge < -0.3 is 15.1 Å². The zero-order valence-corrected chi connectivity index (χ0v) is 14.7. The summed E-state index contributed by atoms with van der Waals surface area (Å²) in [6.07, 6.45) is 3.15. The maximum absolute atomic E-state index is 12.9. The summed E-state index contributed by atoms with van der Waals surface area (Å²) < 4.78 is 0. The maximum atomic E-state index is 12.9. The number of nitrogens with one attached hydrogen (secondary N) is 1. The summed E-state index contributed by atoms with van der Waals surface area (Å²) in [5.41, 5.74) is 1.74. The zero-order chi connectivity index (χ0) is 17.2. The smallest absolute Gasteiger partial charge is 0.238 e. The van der Waals surface area contributed by atoms with Gasteiger partial charge in [-0.25, -0.2) is 0 Å². The molecule has 0 bridgehead atoms.